The van der Waals surface area contributed by atoms with E-state index < -0.39 is 17.9 Å². The SMILES string of the molecule is CCCC/C=C/C(C)C(C(=O)OCC)C(=O)OCC. The van der Waals surface area contributed by atoms with Gasteiger partial charge in [-0.2, -0.15) is 0 Å². The number of allylic oxidation sites excluding steroid dienone is 2. The Kier molecular flexibility index (Phi) is 9.85. The van der Waals surface area contributed by atoms with E-state index in [0.29, 0.717) is 0 Å². The van der Waals surface area contributed by atoms with Crippen molar-refractivity contribution < 1.29 is 19.1 Å². The van der Waals surface area contributed by atoms with Gasteiger partial charge in [0.15, 0.2) is 5.92 Å². The molecule has 1 atom stereocenters. The van der Waals surface area contributed by atoms with Crippen LogP contribution in [0.4, 0.5) is 0 Å². The highest BCUT2D eigenvalue weighted by Gasteiger charge is 2.33. The summed E-state index contributed by atoms with van der Waals surface area (Å²) in [6.45, 7) is 7.93. The maximum atomic E-state index is 11.8. The van der Waals surface area contributed by atoms with Gasteiger partial charge < -0.3 is 9.47 Å². The van der Waals surface area contributed by atoms with Crippen molar-refractivity contribution >= 4 is 11.9 Å². The van der Waals surface area contributed by atoms with Gasteiger partial charge in [-0.15, -0.1) is 0 Å². The lowest BCUT2D eigenvalue weighted by Gasteiger charge is -2.18. The minimum atomic E-state index is -0.863. The lowest BCUT2D eigenvalue weighted by molar-refractivity contribution is -0.163. The van der Waals surface area contributed by atoms with Gasteiger partial charge in [-0.1, -0.05) is 38.8 Å². The standard InChI is InChI=1S/C15H26O4/c1-5-8-9-10-11-12(4)13(14(16)18-6-2)15(17)19-7-3/h10-13H,5-9H2,1-4H3/b11-10+. The van der Waals surface area contributed by atoms with Crippen LogP contribution in [0, 0.1) is 11.8 Å². The zero-order valence-corrected chi connectivity index (χ0v) is 12.5. The second kappa shape index (κ2) is 10.6. The average molecular weight is 270 g/mol. The van der Waals surface area contributed by atoms with Crippen LogP contribution in [0.3, 0.4) is 0 Å². The number of carbonyl (C=O) groups is 2. The van der Waals surface area contributed by atoms with Crippen molar-refractivity contribution in [1.29, 1.82) is 0 Å². The van der Waals surface area contributed by atoms with Crippen molar-refractivity contribution in [2.45, 2.75) is 47.0 Å². The highest BCUT2D eigenvalue weighted by Crippen LogP contribution is 2.18. The average Bonchev–Trinajstić information content (AvgIpc) is 2.35. The molecule has 0 spiro atoms. The quantitative estimate of drug-likeness (QED) is 0.279. The van der Waals surface area contributed by atoms with Gasteiger partial charge in [-0.3, -0.25) is 9.59 Å². The Morgan fingerprint density at radius 1 is 1.05 bits per heavy atom. The zero-order chi connectivity index (χ0) is 14.7. The fourth-order valence-electron chi connectivity index (χ4n) is 1.73. The third-order valence-electron chi connectivity index (χ3n) is 2.77. The smallest absolute Gasteiger partial charge is 0.320 e. The molecule has 1 unspecified atom stereocenters. The van der Waals surface area contributed by atoms with Crippen molar-refractivity contribution in [3.63, 3.8) is 0 Å². The maximum absolute atomic E-state index is 11.8. The summed E-state index contributed by atoms with van der Waals surface area (Å²) in [5.74, 6) is -2.09. The second-order valence-corrected chi connectivity index (χ2v) is 4.41. The molecule has 19 heavy (non-hydrogen) atoms. The summed E-state index contributed by atoms with van der Waals surface area (Å²) in [7, 11) is 0. The molecule has 0 heterocycles. The largest absolute Gasteiger partial charge is 0.465 e. The number of carbonyl (C=O) groups excluding carboxylic acids is 2. The first-order chi connectivity index (χ1) is 9.08. The molecule has 0 aliphatic rings. The normalized spacial score (nSPS) is 12.7. The van der Waals surface area contributed by atoms with Gasteiger partial charge in [0.1, 0.15) is 0 Å². The molecule has 0 aromatic rings. The highest BCUT2D eigenvalue weighted by atomic mass is 16.6. The maximum Gasteiger partial charge on any atom is 0.320 e. The van der Waals surface area contributed by atoms with E-state index in [4.69, 9.17) is 9.47 Å². The Bertz CT molecular complexity index is 279. The monoisotopic (exact) mass is 270 g/mol. The van der Waals surface area contributed by atoms with Crippen LogP contribution in [0.2, 0.25) is 0 Å². The number of hydrogen-bond acceptors (Lipinski definition) is 4. The van der Waals surface area contributed by atoms with Crippen LogP contribution in [-0.2, 0) is 19.1 Å². The van der Waals surface area contributed by atoms with E-state index in [1.807, 2.05) is 19.1 Å². The Morgan fingerprint density at radius 3 is 2.00 bits per heavy atom. The highest BCUT2D eigenvalue weighted by molar-refractivity contribution is 5.95. The summed E-state index contributed by atoms with van der Waals surface area (Å²) in [5.41, 5.74) is 0. The van der Waals surface area contributed by atoms with E-state index in [-0.39, 0.29) is 19.1 Å². The predicted octanol–water partition coefficient (Wildman–Crippen LogP) is 3.11. The topological polar surface area (TPSA) is 52.6 Å². The minimum absolute atomic E-state index is 0.213. The van der Waals surface area contributed by atoms with Crippen LogP contribution in [0.5, 0.6) is 0 Å². The van der Waals surface area contributed by atoms with Crippen LogP contribution in [0.25, 0.3) is 0 Å². The number of unbranched alkanes of at least 4 members (excludes halogenated alkanes) is 2. The molecular formula is C15H26O4. The van der Waals surface area contributed by atoms with Crippen molar-refractivity contribution in [2.75, 3.05) is 13.2 Å². The number of ether oxygens (including phenoxy) is 2. The van der Waals surface area contributed by atoms with E-state index in [2.05, 4.69) is 6.92 Å². The number of rotatable bonds is 9. The first-order valence-electron chi connectivity index (χ1n) is 7.08. The first kappa shape index (κ1) is 17.7. The molecular weight excluding hydrogens is 244 g/mol. The van der Waals surface area contributed by atoms with E-state index in [1.165, 1.54) is 0 Å². The molecule has 110 valence electrons. The van der Waals surface area contributed by atoms with E-state index >= 15 is 0 Å². The summed E-state index contributed by atoms with van der Waals surface area (Å²) in [4.78, 5) is 23.7. The van der Waals surface area contributed by atoms with Crippen molar-refractivity contribution in [3.05, 3.63) is 12.2 Å². The van der Waals surface area contributed by atoms with E-state index in [9.17, 15) is 9.59 Å². The molecule has 4 heteroatoms. The Labute approximate surface area is 116 Å². The van der Waals surface area contributed by atoms with Crippen molar-refractivity contribution in [2.24, 2.45) is 11.8 Å². The molecule has 0 fully saturated rings. The molecule has 0 saturated heterocycles. The van der Waals surface area contributed by atoms with Crippen molar-refractivity contribution in [1.82, 2.24) is 0 Å². The Balaban J connectivity index is 4.66. The molecule has 0 aliphatic carbocycles. The summed E-state index contributed by atoms with van der Waals surface area (Å²) >= 11 is 0. The zero-order valence-electron chi connectivity index (χ0n) is 12.5. The molecule has 0 N–H and O–H groups in total. The van der Waals surface area contributed by atoms with Gasteiger partial charge in [0.2, 0.25) is 0 Å². The van der Waals surface area contributed by atoms with Crippen LogP contribution >= 0.6 is 0 Å². The van der Waals surface area contributed by atoms with Crippen LogP contribution in [0.1, 0.15) is 47.0 Å². The fourth-order valence-corrected chi connectivity index (χ4v) is 1.73. The molecule has 0 amide bonds. The molecule has 4 nitrogen and oxygen atoms in total. The summed E-state index contributed by atoms with van der Waals surface area (Å²) < 4.78 is 9.89. The van der Waals surface area contributed by atoms with E-state index in [1.54, 1.807) is 13.8 Å². The molecule has 0 rings (SSSR count). The number of hydrogen-bond donors (Lipinski definition) is 0. The fraction of sp³-hybridized carbons (Fsp3) is 0.733. The van der Waals surface area contributed by atoms with E-state index in [0.717, 1.165) is 19.3 Å². The Morgan fingerprint density at radius 2 is 1.58 bits per heavy atom. The summed E-state index contributed by atoms with van der Waals surface area (Å²) in [6.07, 6.45) is 7.09. The second-order valence-electron chi connectivity index (χ2n) is 4.41. The molecule has 0 aromatic carbocycles. The van der Waals surface area contributed by atoms with Crippen LogP contribution in [-0.4, -0.2) is 25.2 Å². The van der Waals surface area contributed by atoms with Gasteiger partial charge in [-0.05, 0) is 26.2 Å². The van der Waals surface area contributed by atoms with Gasteiger partial charge in [-0.25, -0.2) is 0 Å². The van der Waals surface area contributed by atoms with Gasteiger partial charge in [0, 0.05) is 0 Å². The number of esters is 2. The molecule has 0 saturated carbocycles. The predicted molar refractivity (Wildman–Crippen MR) is 74.6 cm³/mol. The molecule has 0 aromatic heterocycles. The van der Waals surface area contributed by atoms with Crippen molar-refractivity contribution in [3.8, 4) is 0 Å². The van der Waals surface area contributed by atoms with Gasteiger partial charge in [0.05, 0.1) is 13.2 Å². The van der Waals surface area contributed by atoms with Gasteiger partial charge >= 0.3 is 11.9 Å². The first-order valence-corrected chi connectivity index (χ1v) is 7.08. The lowest BCUT2D eigenvalue weighted by Crippen LogP contribution is -2.32. The Hall–Kier alpha value is -1.32. The summed E-state index contributed by atoms with van der Waals surface area (Å²) in [5, 5.41) is 0. The van der Waals surface area contributed by atoms with Gasteiger partial charge in [0.25, 0.3) is 0 Å². The lowest BCUT2D eigenvalue weighted by atomic mass is 9.93. The van der Waals surface area contributed by atoms with Crippen LogP contribution in [0.15, 0.2) is 12.2 Å². The molecule has 0 aliphatic heterocycles. The minimum Gasteiger partial charge on any atom is -0.465 e. The molecule has 0 bridgehead atoms. The third kappa shape index (κ3) is 6.99. The van der Waals surface area contributed by atoms with Crippen LogP contribution < -0.4 is 0 Å². The summed E-state index contributed by atoms with van der Waals surface area (Å²) in [6, 6.07) is 0. The third-order valence-corrected chi connectivity index (χ3v) is 2.77. The molecule has 0 radical (unpaired) electrons.